The Morgan fingerprint density at radius 1 is 1.33 bits per heavy atom. The lowest BCUT2D eigenvalue weighted by atomic mass is 9.76. The molecule has 15 heavy (non-hydrogen) atoms. The molecule has 0 spiro atoms. The van der Waals surface area contributed by atoms with Gasteiger partial charge in [-0.25, -0.2) is 0 Å². The van der Waals surface area contributed by atoms with Crippen molar-refractivity contribution in [2.75, 3.05) is 0 Å². The standard InChI is InChI=1S/C12H23IOSi/c1-11-7-5-6-8-12(11,9-10-13)14-15(2,3)4/h9-11H,5-8H2,1-4H3/b10-9+. The number of hydrogen-bond donors (Lipinski definition) is 0. The van der Waals surface area contributed by atoms with Gasteiger partial charge in [-0.2, -0.15) is 0 Å². The average molecular weight is 338 g/mol. The van der Waals surface area contributed by atoms with E-state index in [2.05, 4.69) is 59.3 Å². The topological polar surface area (TPSA) is 9.23 Å². The molecule has 0 aromatic heterocycles. The van der Waals surface area contributed by atoms with E-state index < -0.39 is 8.32 Å². The van der Waals surface area contributed by atoms with Crippen molar-refractivity contribution in [3.05, 3.63) is 10.2 Å². The maximum atomic E-state index is 6.47. The second-order valence-corrected chi connectivity index (χ2v) is 10.8. The number of halogens is 1. The number of rotatable bonds is 3. The molecule has 1 rings (SSSR count). The summed E-state index contributed by atoms with van der Waals surface area (Å²) in [7, 11) is -1.45. The molecule has 0 aromatic carbocycles. The molecule has 0 heterocycles. The third kappa shape index (κ3) is 3.86. The second kappa shape index (κ2) is 5.32. The third-order valence-electron chi connectivity index (χ3n) is 3.13. The molecule has 0 N–H and O–H groups in total. The first kappa shape index (κ1) is 13.7. The maximum absolute atomic E-state index is 6.47. The highest BCUT2D eigenvalue weighted by Gasteiger charge is 2.40. The van der Waals surface area contributed by atoms with Crippen molar-refractivity contribution in [1.82, 2.24) is 0 Å². The molecule has 0 amide bonds. The highest BCUT2D eigenvalue weighted by Crippen LogP contribution is 2.40. The molecule has 3 heteroatoms. The fraction of sp³-hybridized carbons (Fsp3) is 0.833. The Kier molecular flexibility index (Phi) is 4.86. The molecule has 88 valence electrons. The largest absolute Gasteiger partial charge is 0.408 e. The van der Waals surface area contributed by atoms with E-state index >= 15 is 0 Å². The summed E-state index contributed by atoms with van der Waals surface area (Å²) in [6.45, 7) is 9.21. The molecule has 2 atom stereocenters. The predicted molar refractivity (Wildman–Crippen MR) is 78.0 cm³/mol. The van der Waals surface area contributed by atoms with Crippen molar-refractivity contribution in [1.29, 1.82) is 0 Å². The van der Waals surface area contributed by atoms with Gasteiger partial charge in [0.2, 0.25) is 0 Å². The molecule has 2 unspecified atom stereocenters. The van der Waals surface area contributed by atoms with Crippen LogP contribution in [0, 0.1) is 5.92 Å². The lowest BCUT2D eigenvalue weighted by Gasteiger charge is -2.44. The Hall–Kier alpha value is 0.647. The first-order valence-corrected chi connectivity index (χ1v) is 10.5. The van der Waals surface area contributed by atoms with Gasteiger partial charge in [0.05, 0.1) is 5.60 Å². The maximum Gasteiger partial charge on any atom is 0.184 e. The molecule has 1 fully saturated rings. The molecule has 0 saturated heterocycles. The highest BCUT2D eigenvalue weighted by molar-refractivity contribution is 14.1. The smallest absolute Gasteiger partial charge is 0.184 e. The van der Waals surface area contributed by atoms with E-state index in [0.717, 1.165) is 0 Å². The van der Waals surface area contributed by atoms with Gasteiger partial charge in [0.15, 0.2) is 8.32 Å². The monoisotopic (exact) mass is 338 g/mol. The van der Waals surface area contributed by atoms with Crippen LogP contribution in [0.2, 0.25) is 19.6 Å². The van der Waals surface area contributed by atoms with E-state index in [-0.39, 0.29) is 5.60 Å². The van der Waals surface area contributed by atoms with Crippen molar-refractivity contribution < 1.29 is 4.43 Å². The highest BCUT2D eigenvalue weighted by atomic mass is 127. The van der Waals surface area contributed by atoms with Crippen molar-refractivity contribution in [3.8, 4) is 0 Å². The lowest BCUT2D eigenvalue weighted by molar-refractivity contribution is 0.0210. The SMILES string of the molecule is CC1CCCCC1(/C=C/I)O[Si](C)(C)C. The van der Waals surface area contributed by atoms with Gasteiger partial charge in [-0.05, 0) is 48.6 Å². The molecule has 1 nitrogen and oxygen atoms in total. The van der Waals surface area contributed by atoms with E-state index in [1.807, 2.05) is 0 Å². The Balaban J connectivity index is 2.85. The minimum Gasteiger partial charge on any atom is -0.408 e. The van der Waals surface area contributed by atoms with Crippen molar-refractivity contribution >= 4 is 30.9 Å². The summed E-state index contributed by atoms with van der Waals surface area (Å²) < 4.78 is 8.60. The summed E-state index contributed by atoms with van der Waals surface area (Å²) in [5.41, 5.74) is 0.0455. The Labute approximate surface area is 109 Å². The second-order valence-electron chi connectivity index (χ2n) is 5.61. The summed E-state index contributed by atoms with van der Waals surface area (Å²) in [6.07, 6.45) is 7.50. The van der Waals surface area contributed by atoms with Crippen LogP contribution < -0.4 is 0 Å². The van der Waals surface area contributed by atoms with Gasteiger partial charge in [0.25, 0.3) is 0 Å². The van der Waals surface area contributed by atoms with E-state index in [9.17, 15) is 0 Å². The summed E-state index contributed by atoms with van der Waals surface area (Å²) in [4.78, 5) is 0. The minimum atomic E-state index is -1.45. The zero-order valence-corrected chi connectivity index (χ0v) is 13.5. The van der Waals surface area contributed by atoms with Gasteiger partial charge in [0.1, 0.15) is 0 Å². The molecular weight excluding hydrogens is 315 g/mol. The van der Waals surface area contributed by atoms with Gasteiger partial charge >= 0.3 is 0 Å². The molecule has 0 radical (unpaired) electrons. The quantitative estimate of drug-likeness (QED) is 0.534. The Morgan fingerprint density at radius 3 is 2.47 bits per heavy atom. The molecule has 0 aliphatic heterocycles. The summed E-state index contributed by atoms with van der Waals surface area (Å²) in [5, 5.41) is 0. The van der Waals surface area contributed by atoms with Crippen LogP contribution in [0.5, 0.6) is 0 Å². The minimum absolute atomic E-state index is 0.0455. The van der Waals surface area contributed by atoms with E-state index in [1.165, 1.54) is 25.7 Å². The summed E-state index contributed by atoms with van der Waals surface area (Å²) in [5.74, 6) is 0.670. The van der Waals surface area contributed by atoms with E-state index in [0.29, 0.717) is 5.92 Å². The van der Waals surface area contributed by atoms with Crippen LogP contribution in [-0.4, -0.2) is 13.9 Å². The van der Waals surface area contributed by atoms with Crippen LogP contribution in [0.4, 0.5) is 0 Å². The molecular formula is C12H23IOSi. The average Bonchev–Trinajstić information content (AvgIpc) is 2.08. The Morgan fingerprint density at radius 2 is 2.00 bits per heavy atom. The zero-order chi connectivity index (χ0) is 11.5. The van der Waals surface area contributed by atoms with Gasteiger partial charge in [-0.3, -0.25) is 0 Å². The Bertz CT molecular complexity index is 234. The normalized spacial score (nSPS) is 33.5. The molecule has 0 aromatic rings. The van der Waals surface area contributed by atoms with Gasteiger partial charge in [-0.15, -0.1) is 0 Å². The first-order chi connectivity index (χ1) is 6.90. The predicted octanol–water partition coefficient (Wildman–Crippen LogP) is 4.74. The number of hydrogen-bond acceptors (Lipinski definition) is 1. The molecule has 0 bridgehead atoms. The summed E-state index contributed by atoms with van der Waals surface area (Å²) in [6, 6.07) is 0. The molecule has 1 aliphatic carbocycles. The van der Waals surface area contributed by atoms with Gasteiger partial charge < -0.3 is 4.43 Å². The van der Waals surface area contributed by atoms with Crippen LogP contribution in [0.3, 0.4) is 0 Å². The van der Waals surface area contributed by atoms with Crippen molar-refractivity contribution in [2.24, 2.45) is 5.92 Å². The first-order valence-electron chi connectivity index (χ1n) is 5.88. The van der Waals surface area contributed by atoms with Gasteiger partial charge in [0, 0.05) is 0 Å². The fourth-order valence-electron chi connectivity index (χ4n) is 2.45. The third-order valence-corrected chi connectivity index (χ3v) is 4.48. The molecule has 1 aliphatic rings. The van der Waals surface area contributed by atoms with Crippen LogP contribution in [0.15, 0.2) is 10.2 Å². The van der Waals surface area contributed by atoms with Crippen LogP contribution in [0.1, 0.15) is 32.6 Å². The van der Waals surface area contributed by atoms with Crippen molar-refractivity contribution in [3.63, 3.8) is 0 Å². The zero-order valence-electron chi connectivity index (χ0n) is 10.3. The fourth-order valence-corrected chi connectivity index (χ4v) is 4.57. The van der Waals surface area contributed by atoms with E-state index in [1.54, 1.807) is 0 Å². The van der Waals surface area contributed by atoms with Crippen molar-refractivity contribution in [2.45, 2.75) is 57.8 Å². The van der Waals surface area contributed by atoms with Crippen LogP contribution in [0.25, 0.3) is 0 Å². The van der Waals surface area contributed by atoms with Gasteiger partial charge in [-0.1, -0.05) is 42.4 Å². The summed E-state index contributed by atoms with van der Waals surface area (Å²) >= 11 is 2.32. The van der Waals surface area contributed by atoms with Crippen LogP contribution >= 0.6 is 22.6 Å². The lowest BCUT2D eigenvalue weighted by Crippen LogP contribution is -2.47. The molecule has 1 saturated carbocycles. The van der Waals surface area contributed by atoms with E-state index in [4.69, 9.17) is 4.43 Å². The van der Waals surface area contributed by atoms with Crippen LogP contribution in [-0.2, 0) is 4.43 Å².